The van der Waals surface area contributed by atoms with Crippen LogP contribution < -0.4 is 10.6 Å². The third-order valence-electron chi connectivity index (χ3n) is 4.95. The van der Waals surface area contributed by atoms with Crippen molar-refractivity contribution < 1.29 is 13.2 Å². The van der Waals surface area contributed by atoms with Gasteiger partial charge in [-0.25, -0.2) is 0 Å². The second-order valence-corrected chi connectivity index (χ2v) is 6.42. The molecule has 128 valence electrons. The van der Waals surface area contributed by atoms with E-state index in [2.05, 4.69) is 24.1 Å². The molecule has 0 unspecified atom stereocenters. The summed E-state index contributed by atoms with van der Waals surface area (Å²) < 4.78 is 37.8. The zero-order valence-corrected chi connectivity index (χ0v) is 13.6. The van der Waals surface area contributed by atoms with E-state index in [-0.39, 0.29) is 0 Å². The SMILES string of the molecule is CN(c1ccc(CN)cc1)C1CC(c2ccc(C(F)(F)F)cc2)C1. The number of nitrogens with two attached hydrogens (primary N) is 1. The molecule has 0 aliphatic heterocycles. The van der Waals surface area contributed by atoms with Gasteiger partial charge in [-0.2, -0.15) is 13.2 Å². The lowest BCUT2D eigenvalue weighted by Gasteiger charge is -2.42. The fraction of sp³-hybridized carbons (Fsp3) is 0.368. The van der Waals surface area contributed by atoms with Gasteiger partial charge in [-0.15, -0.1) is 0 Å². The molecule has 0 saturated heterocycles. The van der Waals surface area contributed by atoms with E-state index in [1.165, 1.54) is 12.1 Å². The number of nitrogens with zero attached hydrogens (tertiary/aromatic N) is 1. The van der Waals surface area contributed by atoms with Crippen molar-refractivity contribution in [1.29, 1.82) is 0 Å². The topological polar surface area (TPSA) is 29.3 Å². The maximum absolute atomic E-state index is 12.6. The van der Waals surface area contributed by atoms with Crippen molar-refractivity contribution in [2.75, 3.05) is 11.9 Å². The third-order valence-corrected chi connectivity index (χ3v) is 4.95. The van der Waals surface area contributed by atoms with Crippen molar-refractivity contribution in [3.8, 4) is 0 Å². The molecule has 0 spiro atoms. The van der Waals surface area contributed by atoms with Gasteiger partial charge in [0.05, 0.1) is 5.56 Å². The van der Waals surface area contributed by atoms with Gasteiger partial charge in [0, 0.05) is 25.3 Å². The Morgan fingerprint density at radius 1 is 1.00 bits per heavy atom. The van der Waals surface area contributed by atoms with Crippen LogP contribution in [-0.2, 0) is 12.7 Å². The summed E-state index contributed by atoms with van der Waals surface area (Å²) in [6, 6.07) is 14.2. The molecular weight excluding hydrogens is 313 g/mol. The predicted molar refractivity (Wildman–Crippen MR) is 89.9 cm³/mol. The molecule has 3 rings (SSSR count). The minimum atomic E-state index is -4.27. The monoisotopic (exact) mass is 334 g/mol. The fourth-order valence-electron chi connectivity index (χ4n) is 3.20. The summed E-state index contributed by atoms with van der Waals surface area (Å²) >= 11 is 0. The first kappa shape index (κ1) is 16.8. The van der Waals surface area contributed by atoms with E-state index in [0.717, 1.165) is 29.7 Å². The lowest BCUT2D eigenvalue weighted by molar-refractivity contribution is -0.137. The van der Waals surface area contributed by atoms with Crippen LogP contribution in [0.15, 0.2) is 48.5 Å². The van der Waals surface area contributed by atoms with Crippen LogP contribution >= 0.6 is 0 Å². The highest BCUT2D eigenvalue weighted by Gasteiger charge is 2.34. The number of halogens is 3. The summed E-state index contributed by atoms with van der Waals surface area (Å²) in [5.41, 5.74) is 8.26. The summed E-state index contributed by atoms with van der Waals surface area (Å²) in [5, 5.41) is 0. The van der Waals surface area contributed by atoms with Crippen LogP contribution in [0.5, 0.6) is 0 Å². The molecule has 2 nitrogen and oxygen atoms in total. The van der Waals surface area contributed by atoms with Crippen LogP contribution in [0.4, 0.5) is 18.9 Å². The van der Waals surface area contributed by atoms with Crippen LogP contribution in [0.3, 0.4) is 0 Å². The first-order valence-electron chi connectivity index (χ1n) is 8.07. The molecule has 1 fully saturated rings. The number of benzene rings is 2. The van der Waals surface area contributed by atoms with Gasteiger partial charge in [0.25, 0.3) is 0 Å². The van der Waals surface area contributed by atoms with Crippen molar-refractivity contribution >= 4 is 5.69 Å². The molecule has 2 aromatic carbocycles. The molecule has 1 aliphatic carbocycles. The average molecular weight is 334 g/mol. The van der Waals surface area contributed by atoms with Crippen molar-refractivity contribution in [2.24, 2.45) is 5.73 Å². The number of hydrogen-bond acceptors (Lipinski definition) is 2. The maximum Gasteiger partial charge on any atom is 0.416 e. The molecule has 2 aromatic rings. The van der Waals surface area contributed by atoms with Crippen LogP contribution in [0.25, 0.3) is 0 Å². The number of alkyl halides is 3. The highest BCUT2D eigenvalue weighted by Crippen LogP contribution is 2.41. The van der Waals surface area contributed by atoms with Crippen LogP contribution in [0.2, 0.25) is 0 Å². The van der Waals surface area contributed by atoms with Crippen molar-refractivity contribution in [3.05, 3.63) is 65.2 Å². The van der Waals surface area contributed by atoms with Crippen LogP contribution in [0, 0.1) is 0 Å². The Kier molecular flexibility index (Phi) is 4.54. The van der Waals surface area contributed by atoms with Gasteiger partial charge in [-0.3, -0.25) is 0 Å². The molecule has 1 aliphatic rings. The Bertz CT molecular complexity index is 671. The fourth-order valence-corrected chi connectivity index (χ4v) is 3.20. The Morgan fingerprint density at radius 2 is 1.58 bits per heavy atom. The zero-order valence-electron chi connectivity index (χ0n) is 13.6. The third kappa shape index (κ3) is 3.41. The van der Waals surface area contributed by atoms with E-state index >= 15 is 0 Å². The van der Waals surface area contributed by atoms with Gasteiger partial charge < -0.3 is 10.6 Å². The summed E-state index contributed by atoms with van der Waals surface area (Å²) in [6.07, 6.45) is -2.35. The first-order chi connectivity index (χ1) is 11.4. The molecule has 0 radical (unpaired) electrons. The summed E-state index contributed by atoms with van der Waals surface area (Å²) in [5.74, 6) is 0.336. The van der Waals surface area contributed by atoms with Gasteiger partial charge in [-0.1, -0.05) is 24.3 Å². The quantitative estimate of drug-likeness (QED) is 0.889. The molecule has 0 atom stereocenters. The summed E-state index contributed by atoms with van der Waals surface area (Å²) in [4.78, 5) is 2.24. The maximum atomic E-state index is 12.6. The Balaban J connectivity index is 1.60. The number of anilines is 1. The first-order valence-corrected chi connectivity index (χ1v) is 8.07. The van der Waals surface area contributed by atoms with Gasteiger partial charge in [0.15, 0.2) is 0 Å². The Hall–Kier alpha value is -2.01. The smallest absolute Gasteiger partial charge is 0.372 e. The van der Waals surface area contributed by atoms with Crippen molar-refractivity contribution in [2.45, 2.75) is 37.5 Å². The van der Waals surface area contributed by atoms with Gasteiger partial charge >= 0.3 is 6.18 Å². The number of rotatable bonds is 4. The summed E-state index contributed by atoms with van der Waals surface area (Å²) in [7, 11) is 2.06. The Labute approximate surface area is 140 Å². The molecule has 24 heavy (non-hydrogen) atoms. The summed E-state index contributed by atoms with van der Waals surface area (Å²) in [6.45, 7) is 0.531. The van der Waals surface area contributed by atoms with Gasteiger partial charge in [0.1, 0.15) is 0 Å². The van der Waals surface area contributed by atoms with Gasteiger partial charge in [-0.05, 0) is 54.2 Å². The van der Waals surface area contributed by atoms with Crippen molar-refractivity contribution in [3.63, 3.8) is 0 Å². The largest absolute Gasteiger partial charge is 0.416 e. The minimum Gasteiger partial charge on any atom is -0.372 e. The number of hydrogen-bond donors (Lipinski definition) is 1. The molecule has 0 aromatic heterocycles. The van der Waals surface area contributed by atoms with E-state index in [0.29, 0.717) is 18.5 Å². The molecular formula is C19H21F3N2. The molecule has 2 N–H and O–H groups in total. The van der Waals surface area contributed by atoms with Crippen LogP contribution in [0.1, 0.15) is 35.4 Å². The second-order valence-electron chi connectivity index (χ2n) is 6.42. The molecule has 0 heterocycles. The predicted octanol–water partition coefficient (Wildman–Crippen LogP) is 4.55. The molecule has 1 saturated carbocycles. The molecule has 0 amide bonds. The van der Waals surface area contributed by atoms with E-state index in [1.54, 1.807) is 12.1 Å². The van der Waals surface area contributed by atoms with E-state index < -0.39 is 11.7 Å². The van der Waals surface area contributed by atoms with Crippen molar-refractivity contribution in [1.82, 2.24) is 0 Å². The molecule has 0 bridgehead atoms. The average Bonchev–Trinajstić information content (AvgIpc) is 2.53. The lowest BCUT2D eigenvalue weighted by atomic mass is 9.75. The zero-order chi connectivity index (χ0) is 17.3. The Morgan fingerprint density at radius 3 is 2.08 bits per heavy atom. The second kappa shape index (κ2) is 6.48. The van der Waals surface area contributed by atoms with E-state index in [9.17, 15) is 13.2 Å². The highest BCUT2D eigenvalue weighted by atomic mass is 19.4. The minimum absolute atomic E-state index is 0.336. The standard InChI is InChI=1S/C19H21F3N2/c1-24(17-8-2-13(12-23)3-9-17)18-10-15(11-18)14-4-6-16(7-5-14)19(20,21)22/h2-9,15,18H,10-12,23H2,1H3. The highest BCUT2D eigenvalue weighted by molar-refractivity contribution is 5.49. The molecule has 5 heteroatoms. The van der Waals surface area contributed by atoms with Crippen LogP contribution in [-0.4, -0.2) is 13.1 Å². The van der Waals surface area contributed by atoms with E-state index in [4.69, 9.17) is 5.73 Å². The van der Waals surface area contributed by atoms with Gasteiger partial charge in [0.2, 0.25) is 0 Å². The normalized spacial score (nSPS) is 20.5. The van der Waals surface area contributed by atoms with E-state index in [1.807, 2.05) is 12.1 Å². The lowest BCUT2D eigenvalue weighted by Crippen LogP contribution is -2.41.